The molecule has 0 radical (unpaired) electrons. The molecule has 14 nitrogen and oxygen atoms in total. The number of alkyl halides is 3. The van der Waals surface area contributed by atoms with Gasteiger partial charge >= 0.3 is 18.1 Å². The molecule has 6 N–H and O–H groups in total. The summed E-state index contributed by atoms with van der Waals surface area (Å²) in [6, 6.07) is 11.3. The minimum absolute atomic E-state index is 0.0279. The van der Waals surface area contributed by atoms with E-state index in [0.29, 0.717) is 17.8 Å². The second kappa shape index (κ2) is 20.0. The van der Waals surface area contributed by atoms with Gasteiger partial charge in [-0.2, -0.15) is 13.2 Å². The number of nitrogens with one attached hydrogen (secondary N) is 1. The molecule has 1 aliphatic heterocycles. The number of nitrogens with two attached hydrogens (primary N) is 1. The molecule has 0 bridgehead atoms. The van der Waals surface area contributed by atoms with E-state index in [1.165, 1.54) is 4.90 Å². The zero-order valence-corrected chi connectivity index (χ0v) is 31.7. The fourth-order valence-corrected chi connectivity index (χ4v) is 6.19. The highest BCUT2D eigenvalue weighted by Crippen LogP contribution is 2.41. The monoisotopic (exact) mass is 821 g/mol. The third-order valence-corrected chi connectivity index (χ3v) is 8.86. The summed E-state index contributed by atoms with van der Waals surface area (Å²) < 4.78 is 62.9. The first-order valence-corrected chi connectivity index (χ1v) is 17.7. The first kappa shape index (κ1) is 46.4. The molecule has 4 amide bonds. The lowest BCUT2D eigenvalue weighted by molar-refractivity contribution is -0.192. The van der Waals surface area contributed by atoms with E-state index in [-0.39, 0.29) is 31.5 Å². The topological polar surface area (TPSA) is 213 Å². The van der Waals surface area contributed by atoms with Gasteiger partial charge in [-0.05, 0) is 48.1 Å². The van der Waals surface area contributed by atoms with Crippen LogP contribution >= 0.6 is 0 Å². The zero-order chi connectivity index (χ0) is 43.5. The van der Waals surface area contributed by atoms with Crippen molar-refractivity contribution in [1.82, 2.24) is 19.7 Å². The Morgan fingerprint density at radius 3 is 2.05 bits per heavy atom. The van der Waals surface area contributed by atoms with Gasteiger partial charge in [0.25, 0.3) is 11.8 Å². The van der Waals surface area contributed by atoms with E-state index in [4.69, 9.17) is 15.6 Å². The van der Waals surface area contributed by atoms with Gasteiger partial charge in [-0.15, -0.1) is 0 Å². The van der Waals surface area contributed by atoms with Crippen molar-refractivity contribution < 1.29 is 66.0 Å². The molecule has 0 saturated heterocycles. The molecule has 0 aliphatic carbocycles. The molecule has 0 saturated carbocycles. The number of carboxylic acid groups (broad SMARTS) is 2. The van der Waals surface area contributed by atoms with Crippen LogP contribution in [0, 0.1) is 17.0 Å². The number of aliphatic hydroxyl groups excluding tert-OH is 1. The summed E-state index contributed by atoms with van der Waals surface area (Å²) in [5.74, 6) is -7.68. The van der Waals surface area contributed by atoms with Crippen LogP contribution in [0.15, 0.2) is 72.9 Å². The number of amides is 4. The Labute approximate surface area is 329 Å². The fourth-order valence-electron chi connectivity index (χ4n) is 6.19. The highest BCUT2D eigenvalue weighted by Gasteiger charge is 2.39. The number of nitrogens with zero attached hydrogens (tertiary/aromatic N) is 3. The maximum atomic E-state index is 15.0. The van der Waals surface area contributed by atoms with E-state index in [9.17, 15) is 51.7 Å². The van der Waals surface area contributed by atoms with Crippen molar-refractivity contribution in [1.29, 1.82) is 0 Å². The number of hydrogen-bond donors (Lipinski definition) is 5. The average molecular weight is 822 g/mol. The fraction of sp³-hybridized carbons (Fsp3) is 0.385. The number of carboxylic acids is 2. The predicted octanol–water partition coefficient (Wildman–Crippen LogP) is 4.02. The highest BCUT2D eigenvalue weighted by atomic mass is 19.4. The molecule has 1 aromatic heterocycles. The van der Waals surface area contributed by atoms with Gasteiger partial charge in [0.15, 0.2) is 0 Å². The molecule has 19 heteroatoms. The summed E-state index contributed by atoms with van der Waals surface area (Å²) in [6.45, 7) is 4.88. The van der Waals surface area contributed by atoms with Gasteiger partial charge in [-0.25, -0.2) is 13.6 Å². The number of carbonyl (C=O) groups is 6. The lowest BCUT2D eigenvalue weighted by atomic mass is 9.82. The molecule has 314 valence electrons. The van der Waals surface area contributed by atoms with Crippen LogP contribution in [0.2, 0.25) is 0 Å². The van der Waals surface area contributed by atoms with Crippen LogP contribution in [0.5, 0.6) is 0 Å². The number of carbonyl (C=O) groups excluding carboxylic acids is 4. The maximum absolute atomic E-state index is 15.0. The molecular formula is C39H44F5N5O9. The van der Waals surface area contributed by atoms with Crippen LogP contribution < -0.4 is 11.1 Å². The van der Waals surface area contributed by atoms with Gasteiger partial charge in [-0.1, -0.05) is 51.1 Å². The molecular weight excluding hydrogens is 777 g/mol. The van der Waals surface area contributed by atoms with Crippen molar-refractivity contribution in [2.24, 2.45) is 11.1 Å². The third-order valence-electron chi connectivity index (χ3n) is 8.86. The summed E-state index contributed by atoms with van der Waals surface area (Å²) in [5, 5.41) is 29.2. The quantitative estimate of drug-likeness (QED) is 0.103. The number of aliphatic hydroxyl groups is 1. The van der Waals surface area contributed by atoms with Gasteiger partial charge in [0.05, 0.1) is 18.5 Å². The van der Waals surface area contributed by atoms with E-state index in [0.717, 1.165) is 40.8 Å². The number of hydrogen-bond acceptors (Lipinski definition) is 8. The maximum Gasteiger partial charge on any atom is 0.490 e. The third kappa shape index (κ3) is 13.1. The van der Waals surface area contributed by atoms with E-state index in [1.54, 1.807) is 12.3 Å². The molecule has 0 fully saturated rings. The Morgan fingerprint density at radius 1 is 0.914 bits per heavy atom. The Hall–Kier alpha value is -5.95. The van der Waals surface area contributed by atoms with Crippen LogP contribution in [0.1, 0.15) is 57.3 Å². The molecule has 2 aromatic carbocycles. The largest absolute Gasteiger partial charge is 0.490 e. The number of halogens is 5. The lowest BCUT2D eigenvalue weighted by Gasteiger charge is -2.41. The van der Waals surface area contributed by atoms with E-state index in [2.05, 4.69) is 5.32 Å². The van der Waals surface area contributed by atoms with Gasteiger partial charge in [0.2, 0.25) is 11.8 Å². The van der Waals surface area contributed by atoms with Gasteiger partial charge in [-0.3, -0.25) is 28.9 Å². The van der Waals surface area contributed by atoms with Gasteiger partial charge in [0.1, 0.15) is 18.2 Å². The molecule has 0 spiro atoms. The Kier molecular flexibility index (Phi) is 16.0. The van der Waals surface area contributed by atoms with E-state index >= 15 is 4.39 Å². The van der Waals surface area contributed by atoms with Crippen molar-refractivity contribution in [3.05, 3.63) is 95.8 Å². The normalized spacial score (nSPS) is 14.3. The second-order valence-electron chi connectivity index (χ2n) is 14.4. The Bertz CT molecular complexity index is 1980. The van der Waals surface area contributed by atoms with Crippen LogP contribution in [-0.4, -0.2) is 103 Å². The average Bonchev–Trinajstić information content (AvgIpc) is 3.69. The Morgan fingerprint density at radius 2 is 1.52 bits per heavy atom. The number of rotatable bonds is 16. The number of imide groups is 1. The molecule has 1 aliphatic rings. The minimum Gasteiger partial charge on any atom is -0.481 e. The van der Waals surface area contributed by atoms with Gasteiger partial charge < -0.3 is 35.8 Å². The van der Waals surface area contributed by atoms with Gasteiger partial charge in [0, 0.05) is 60.8 Å². The zero-order valence-electron chi connectivity index (χ0n) is 31.7. The smallest absolute Gasteiger partial charge is 0.481 e. The lowest BCUT2D eigenvalue weighted by Crippen LogP contribution is -2.50. The summed E-state index contributed by atoms with van der Waals surface area (Å²) in [5.41, 5.74) is 7.43. The first-order chi connectivity index (χ1) is 27.0. The van der Waals surface area contributed by atoms with Crippen molar-refractivity contribution in [3.63, 3.8) is 0 Å². The second-order valence-corrected chi connectivity index (χ2v) is 14.4. The molecule has 3 aromatic rings. The van der Waals surface area contributed by atoms with Crippen molar-refractivity contribution in [2.45, 2.75) is 70.9 Å². The number of aromatic nitrogens is 1. The van der Waals surface area contributed by atoms with Crippen molar-refractivity contribution in [2.75, 3.05) is 19.7 Å². The van der Waals surface area contributed by atoms with Crippen molar-refractivity contribution in [3.8, 4) is 11.1 Å². The summed E-state index contributed by atoms with van der Waals surface area (Å²) in [7, 11) is 0. The standard InChI is InChI=1S/C37H43F2N5O7.C2HF3O2/c1-37(2,3)35(30-17-24(27-18-25(38)9-10-28(27)39)21-42(30)20-23-7-5-4-6-8-23)44(33(48)22-45)16-14-29(40)36(51)41-26(19-34(49)50)13-15-43-31(46)11-12-32(43)47;3-2(4,5)1(6)7/h4-12,17-18,21,26,29,35,45H,13-16,19-20,22,40H2,1-3H3,(H,41,51)(H,49,50);(H,6,7)/t26?,29-,35-;/m0./s1. The predicted molar refractivity (Wildman–Crippen MR) is 197 cm³/mol. The molecule has 3 atom stereocenters. The van der Waals surface area contributed by atoms with Crippen LogP contribution in [0.4, 0.5) is 22.0 Å². The minimum atomic E-state index is -5.08. The summed E-state index contributed by atoms with van der Waals surface area (Å²) in [4.78, 5) is 73.3. The molecule has 1 unspecified atom stereocenters. The van der Waals surface area contributed by atoms with E-state index in [1.807, 2.05) is 55.7 Å². The number of aliphatic carboxylic acids is 2. The molecule has 58 heavy (non-hydrogen) atoms. The number of benzene rings is 2. The summed E-state index contributed by atoms with van der Waals surface area (Å²) >= 11 is 0. The SMILES string of the molecule is CC(C)(C)[C@H](c1cc(-c2cc(F)ccc2F)cn1Cc1ccccc1)N(CC[C@H](N)C(=O)NC(CCN1C(=O)C=CC1=O)CC(=O)O)C(=O)CO.O=C(O)C(F)(F)F. The van der Waals surface area contributed by atoms with Crippen LogP contribution in [0.25, 0.3) is 11.1 Å². The van der Waals surface area contributed by atoms with Crippen molar-refractivity contribution >= 4 is 35.6 Å². The molecule has 4 rings (SSSR count). The summed E-state index contributed by atoms with van der Waals surface area (Å²) in [6.07, 6.45) is -1.81. The van der Waals surface area contributed by atoms with Crippen LogP contribution in [-0.2, 0) is 35.3 Å². The van der Waals surface area contributed by atoms with E-state index < -0.39 is 89.9 Å². The molecule has 2 heterocycles. The van der Waals surface area contributed by atoms with Crippen LogP contribution in [0.3, 0.4) is 0 Å². The highest BCUT2D eigenvalue weighted by molar-refractivity contribution is 6.12. The first-order valence-electron chi connectivity index (χ1n) is 17.7. The Balaban J connectivity index is 0.00000117.